The van der Waals surface area contributed by atoms with E-state index in [2.05, 4.69) is 4.90 Å². The number of hydrogen-bond donors (Lipinski definition) is 0. The van der Waals surface area contributed by atoms with E-state index < -0.39 is 17.6 Å². The van der Waals surface area contributed by atoms with Gasteiger partial charge >= 0.3 is 0 Å². The van der Waals surface area contributed by atoms with Gasteiger partial charge in [0.1, 0.15) is 0 Å². The van der Waals surface area contributed by atoms with Gasteiger partial charge in [-0.2, -0.15) is 0 Å². The van der Waals surface area contributed by atoms with Crippen molar-refractivity contribution >= 4 is 0 Å². The Kier molecular flexibility index (Phi) is 5.76. The summed E-state index contributed by atoms with van der Waals surface area (Å²) in [5.41, 5.74) is 2.25. The third-order valence-corrected chi connectivity index (χ3v) is 5.78. The van der Waals surface area contributed by atoms with E-state index in [-0.39, 0.29) is 19.3 Å². The Labute approximate surface area is 165 Å². The minimum absolute atomic E-state index is 0.178. The topological polar surface area (TPSA) is 21.7 Å². The van der Waals surface area contributed by atoms with Gasteiger partial charge in [0.05, 0.1) is 13.2 Å². The van der Waals surface area contributed by atoms with Gasteiger partial charge in [-0.05, 0) is 11.1 Å². The lowest BCUT2D eigenvalue weighted by Gasteiger charge is -2.42. The molecule has 2 fully saturated rings. The van der Waals surface area contributed by atoms with Crippen LogP contribution in [0.4, 0.5) is 8.78 Å². The minimum Gasteiger partial charge on any atom is -0.348 e. The van der Waals surface area contributed by atoms with E-state index in [1.165, 1.54) is 0 Å². The molecule has 0 amide bonds. The number of halogens is 2. The molecule has 2 aromatic rings. The molecule has 28 heavy (non-hydrogen) atoms. The first-order valence-corrected chi connectivity index (χ1v) is 10.0. The molecule has 0 aromatic heterocycles. The third kappa shape index (κ3) is 4.59. The average Bonchev–Trinajstić information content (AvgIpc) is 3.15. The molecule has 1 aliphatic carbocycles. The van der Waals surface area contributed by atoms with Gasteiger partial charge in [-0.25, -0.2) is 8.78 Å². The Bertz CT molecular complexity index is 706. The van der Waals surface area contributed by atoms with Crippen LogP contribution in [0.5, 0.6) is 0 Å². The predicted octanol–water partition coefficient (Wildman–Crippen LogP) is 4.87. The van der Waals surface area contributed by atoms with Crippen LogP contribution >= 0.6 is 0 Å². The molecule has 1 saturated heterocycles. The Morgan fingerprint density at radius 2 is 1.36 bits per heavy atom. The highest BCUT2D eigenvalue weighted by atomic mass is 19.3. The van der Waals surface area contributed by atoms with E-state index in [0.29, 0.717) is 32.8 Å². The van der Waals surface area contributed by atoms with Crippen LogP contribution in [0.3, 0.4) is 0 Å². The zero-order valence-electron chi connectivity index (χ0n) is 16.0. The first-order chi connectivity index (χ1) is 13.5. The van der Waals surface area contributed by atoms with Gasteiger partial charge < -0.3 is 9.47 Å². The number of alkyl halides is 2. The molecule has 1 atom stereocenters. The van der Waals surface area contributed by atoms with Crippen LogP contribution in [0.15, 0.2) is 60.7 Å². The lowest BCUT2D eigenvalue weighted by atomic mass is 9.81. The fourth-order valence-electron chi connectivity index (χ4n) is 4.33. The number of hydrogen-bond acceptors (Lipinski definition) is 3. The molecule has 2 aromatic carbocycles. The molecular weight excluding hydrogens is 360 g/mol. The van der Waals surface area contributed by atoms with Crippen LogP contribution in [0.2, 0.25) is 0 Å². The molecule has 0 radical (unpaired) electrons. The van der Waals surface area contributed by atoms with Gasteiger partial charge in [0.25, 0.3) is 5.92 Å². The first-order valence-electron chi connectivity index (χ1n) is 10.0. The largest absolute Gasteiger partial charge is 0.348 e. The zero-order valence-corrected chi connectivity index (χ0v) is 16.0. The zero-order chi connectivity index (χ0) is 19.5. The fraction of sp³-hybridized carbons (Fsp3) is 0.478. The number of rotatable bonds is 6. The van der Waals surface area contributed by atoms with E-state index in [4.69, 9.17) is 9.47 Å². The molecule has 150 valence electrons. The summed E-state index contributed by atoms with van der Waals surface area (Å²) in [6.07, 6.45) is 0.343. The summed E-state index contributed by atoms with van der Waals surface area (Å²) in [6, 6.07) is 20.1. The summed E-state index contributed by atoms with van der Waals surface area (Å²) in [5, 5.41) is 0. The highest BCUT2D eigenvalue weighted by Gasteiger charge is 2.53. The van der Waals surface area contributed by atoms with Crippen LogP contribution in [0, 0.1) is 5.92 Å². The van der Waals surface area contributed by atoms with Crippen LogP contribution in [0.25, 0.3) is 0 Å². The second-order valence-electron chi connectivity index (χ2n) is 7.91. The molecule has 1 aliphatic heterocycles. The van der Waals surface area contributed by atoms with Gasteiger partial charge in [-0.1, -0.05) is 60.7 Å². The Morgan fingerprint density at radius 3 is 1.89 bits per heavy atom. The average molecular weight is 387 g/mol. The lowest BCUT2D eigenvalue weighted by molar-refractivity contribution is -0.235. The minimum atomic E-state index is -2.70. The second-order valence-corrected chi connectivity index (χ2v) is 7.91. The smallest absolute Gasteiger partial charge is 0.252 e. The molecule has 2 aliphatic rings. The Hall–Kier alpha value is -1.82. The second kappa shape index (κ2) is 8.27. The normalized spacial score (nSPS) is 23.3. The molecule has 1 unspecified atom stereocenters. The molecule has 5 heteroatoms. The van der Waals surface area contributed by atoms with Crippen LogP contribution in [0.1, 0.15) is 30.4 Å². The third-order valence-electron chi connectivity index (χ3n) is 5.78. The van der Waals surface area contributed by atoms with Crippen molar-refractivity contribution in [2.45, 2.75) is 44.1 Å². The summed E-state index contributed by atoms with van der Waals surface area (Å²) in [6.45, 7) is 2.57. The van der Waals surface area contributed by atoms with E-state index in [1.54, 1.807) is 0 Å². The molecule has 0 N–H and O–H groups in total. The Balaban J connectivity index is 1.52. The predicted molar refractivity (Wildman–Crippen MR) is 104 cm³/mol. The van der Waals surface area contributed by atoms with E-state index in [9.17, 15) is 8.78 Å². The van der Waals surface area contributed by atoms with Gasteiger partial charge in [0.15, 0.2) is 5.79 Å². The molecule has 0 bridgehead atoms. The van der Waals surface area contributed by atoms with Gasteiger partial charge in [0.2, 0.25) is 0 Å². The van der Waals surface area contributed by atoms with Crippen molar-refractivity contribution in [3.05, 3.63) is 71.8 Å². The van der Waals surface area contributed by atoms with Crippen molar-refractivity contribution in [2.24, 2.45) is 5.92 Å². The maximum Gasteiger partial charge on any atom is 0.252 e. The quantitative estimate of drug-likeness (QED) is 0.706. The molecule has 1 spiro atoms. The summed E-state index contributed by atoms with van der Waals surface area (Å²) in [5.74, 6) is -4.30. The SMILES string of the molecule is FC1(F)CCC2(CC1CN(Cc1ccccc1)Cc1ccccc1)OCCO2. The highest BCUT2D eigenvalue weighted by Crippen LogP contribution is 2.47. The summed E-state index contributed by atoms with van der Waals surface area (Å²) in [7, 11) is 0. The number of ether oxygens (including phenoxy) is 2. The first kappa shape index (κ1) is 19.5. The summed E-state index contributed by atoms with van der Waals surface area (Å²) >= 11 is 0. The van der Waals surface area contributed by atoms with Crippen molar-refractivity contribution in [1.29, 1.82) is 0 Å². The van der Waals surface area contributed by atoms with Crippen molar-refractivity contribution in [3.63, 3.8) is 0 Å². The summed E-state index contributed by atoms with van der Waals surface area (Å²) in [4.78, 5) is 2.12. The van der Waals surface area contributed by atoms with Gasteiger partial charge in [-0.15, -0.1) is 0 Å². The lowest BCUT2D eigenvalue weighted by Crippen LogP contribution is -2.49. The number of benzene rings is 2. The maximum atomic E-state index is 14.8. The van der Waals surface area contributed by atoms with Crippen molar-refractivity contribution in [1.82, 2.24) is 4.90 Å². The van der Waals surface area contributed by atoms with E-state index in [0.717, 1.165) is 11.1 Å². The Morgan fingerprint density at radius 1 is 0.821 bits per heavy atom. The summed E-state index contributed by atoms with van der Waals surface area (Å²) < 4.78 is 41.1. The molecule has 4 rings (SSSR count). The molecular formula is C23H27F2NO2. The van der Waals surface area contributed by atoms with Crippen molar-refractivity contribution < 1.29 is 18.3 Å². The van der Waals surface area contributed by atoms with Crippen LogP contribution in [-0.2, 0) is 22.6 Å². The standard InChI is InChI=1S/C23H27F2NO2/c24-23(25)12-11-22(27-13-14-28-22)15-21(23)18-26(16-19-7-3-1-4-8-19)17-20-9-5-2-6-10-20/h1-10,21H,11-18H2. The van der Waals surface area contributed by atoms with Crippen LogP contribution in [-0.4, -0.2) is 36.4 Å². The van der Waals surface area contributed by atoms with Crippen molar-refractivity contribution in [3.8, 4) is 0 Å². The number of nitrogens with zero attached hydrogens (tertiary/aromatic N) is 1. The molecule has 1 saturated carbocycles. The van der Waals surface area contributed by atoms with Crippen LogP contribution < -0.4 is 0 Å². The highest BCUT2D eigenvalue weighted by molar-refractivity contribution is 5.17. The van der Waals surface area contributed by atoms with E-state index in [1.807, 2.05) is 60.7 Å². The van der Waals surface area contributed by atoms with E-state index >= 15 is 0 Å². The van der Waals surface area contributed by atoms with Crippen molar-refractivity contribution in [2.75, 3.05) is 19.8 Å². The molecule has 3 nitrogen and oxygen atoms in total. The monoisotopic (exact) mass is 387 g/mol. The van der Waals surface area contributed by atoms with Gasteiger partial charge in [-0.3, -0.25) is 4.90 Å². The molecule has 1 heterocycles. The fourth-order valence-corrected chi connectivity index (χ4v) is 4.33. The maximum absolute atomic E-state index is 14.8. The van der Waals surface area contributed by atoms with Gasteiger partial charge in [0, 0.05) is 44.8 Å².